The number of hydrogen-bond donors (Lipinski definition) is 1. The van der Waals surface area contributed by atoms with Crippen molar-refractivity contribution in [1.29, 1.82) is 0 Å². The number of nitrogens with zero attached hydrogens (tertiary/aromatic N) is 2. The van der Waals surface area contributed by atoms with E-state index in [0.29, 0.717) is 10.2 Å². The molecule has 6 heteroatoms. The highest BCUT2D eigenvalue weighted by atomic mass is 79.9. The zero-order chi connectivity index (χ0) is 10.8. The molecule has 1 heterocycles. The molecule has 0 fully saturated rings. The quantitative estimate of drug-likeness (QED) is 0.911. The molecule has 0 radical (unpaired) electrons. The second-order valence-corrected chi connectivity index (χ2v) is 5.63. The summed E-state index contributed by atoms with van der Waals surface area (Å²) in [4.78, 5) is 0. The van der Waals surface area contributed by atoms with E-state index in [1.807, 2.05) is 25.1 Å². The van der Waals surface area contributed by atoms with E-state index in [2.05, 4.69) is 31.4 Å². The number of rotatable bonds is 2. The largest absolute Gasteiger partial charge is 0.329 e. The SMILES string of the molecule is Cc1ccc(Nc2nnc(Br)s2)c(Cl)c1. The van der Waals surface area contributed by atoms with Gasteiger partial charge in [-0.2, -0.15) is 0 Å². The van der Waals surface area contributed by atoms with Gasteiger partial charge in [-0.25, -0.2) is 0 Å². The summed E-state index contributed by atoms with van der Waals surface area (Å²) in [6.45, 7) is 2.00. The first-order valence-corrected chi connectivity index (χ1v) is 6.16. The Kier molecular flexibility index (Phi) is 3.23. The van der Waals surface area contributed by atoms with Crippen LogP contribution in [0, 0.1) is 6.92 Å². The number of hydrogen-bond acceptors (Lipinski definition) is 4. The highest BCUT2D eigenvalue weighted by Gasteiger charge is 2.04. The van der Waals surface area contributed by atoms with Crippen LogP contribution in [0.4, 0.5) is 10.8 Å². The van der Waals surface area contributed by atoms with Crippen LogP contribution >= 0.6 is 38.9 Å². The number of aromatic nitrogens is 2. The maximum Gasteiger partial charge on any atom is 0.210 e. The smallest absolute Gasteiger partial charge is 0.210 e. The van der Waals surface area contributed by atoms with Crippen molar-refractivity contribution in [1.82, 2.24) is 10.2 Å². The first-order valence-electron chi connectivity index (χ1n) is 4.17. The van der Waals surface area contributed by atoms with Gasteiger partial charge in [0.25, 0.3) is 0 Å². The Hall–Kier alpha value is -0.650. The van der Waals surface area contributed by atoms with E-state index >= 15 is 0 Å². The van der Waals surface area contributed by atoms with Gasteiger partial charge in [-0.15, -0.1) is 10.2 Å². The summed E-state index contributed by atoms with van der Waals surface area (Å²) in [6, 6.07) is 5.82. The Bertz CT molecular complexity index is 486. The predicted octanol–water partition coefficient (Wildman–Crippen LogP) is 4.01. The minimum absolute atomic E-state index is 0.682. The Morgan fingerprint density at radius 1 is 1.40 bits per heavy atom. The molecule has 78 valence electrons. The summed E-state index contributed by atoms with van der Waals surface area (Å²) < 4.78 is 0.744. The standard InChI is InChI=1S/C9H7BrClN3S/c1-5-2-3-7(6(11)4-5)12-9-14-13-8(10)15-9/h2-4H,1H3,(H,12,14). The molecule has 2 rings (SSSR count). The molecule has 15 heavy (non-hydrogen) atoms. The van der Waals surface area contributed by atoms with E-state index in [4.69, 9.17) is 11.6 Å². The van der Waals surface area contributed by atoms with Crippen LogP contribution in [0.1, 0.15) is 5.56 Å². The molecule has 0 aliphatic carbocycles. The molecule has 0 aliphatic rings. The maximum absolute atomic E-state index is 6.07. The Morgan fingerprint density at radius 2 is 2.20 bits per heavy atom. The van der Waals surface area contributed by atoms with E-state index in [-0.39, 0.29) is 0 Å². The zero-order valence-corrected chi connectivity index (χ0v) is 10.9. The van der Waals surface area contributed by atoms with Gasteiger partial charge in [0.15, 0.2) is 3.92 Å². The normalized spacial score (nSPS) is 10.3. The second kappa shape index (κ2) is 4.47. The van der Waals surface area contributed by atoms with Crippen LogP contribution in [0.2, 0.25) is 5.02 Å². The highest BCUT2D eigenvalue weighted by molar-refractivity contribution is 9.11. The lowest BCUT2D eigenvalue weighted by Gasteiger charge is -2.04. The third-order valence-corrected chi connectivity index (χ3v) is 3.35. The molecular formula is C9H7BrClN3S. The summed E-state index contributed by atoms with van der Waals surface area (Å²) in [6.07, 6.45) is 0. The number of anilines is 2. The van der Waals surface area contributed by atoms with Gasteiger partial charge in [0, 0.05) is 0 Å². The van der Waals surface area contributed by atoms with Crippen molar-refractivity contribution in [2.24, 2.45) is 0 Å². The fourth-order valence-corrected chi connectivity index (χ4v) is 2.40. The molecule has 0 spiro atoms. The van der Waals surface area contributed by atoms with Gasteiger partial charge < -0.3 is 5.32 Å². The van der Waals surface area contributed by atoms with Gasteiger partial charge in [0.2, 0.25) is 5.13 Å². The lowest BCUT2D eigenvalue weighted by atomic mass is 10.2. The van der Waals surface area contributed by atoms with Crippen molar-refractivity contribution in [2.45, 2.75) is 6.92 Å². The molecule has 0 unspecified atom stereocenters. The molecule has 0 bridgehead atoms. The van der Waals surface area contributed by atoms with Crippen molar-refractivity contribution in [3.8, 4) is 0 Å². The highest BCUT2D eigenvalue weighted by Crippen LogP contribution is 2.28. The van der Waals surface area contributed by atoms with Crippen LogP contribution in [0.5, 0.6) is 0 Å². The van der Waals surface area contributed by atoms with Crippen molar-refractivity contribution in [3.05, 3.63) is 32.7 Å². The van der Waals surface area contributed by atoms with Gasteiger partial charge in [-0.1, -0.05) is 29.0 Å². The van der Waals surface area contributed by atoms with Gasteiger partial charge in [0.1, 0.15) is 0 Å². The van der Waals surface area contributed by atoms with E-state index in [1.54, 1.807) is 0 Å². The Labute approximate surface area is 105 Å². The monoisotopic (exact) mass is 303 g/mol. The summed E-state index contributed by atoms with van der Waals surface area (Å²) in [5.41, 5.74) is 1.97. The second-order valence-electron chi connectivity index (χ2n) is 2.97. The predicted molar refractivity (Wildman–Crippen MR) is 67.1 cm³/mol. The van der Waals surface area contributed by atoms with Crippen LogP contribution in [0.3, 0.4) is 0 Å². The van der Waals surface area contributed by atoms with E-state index in [9.17, 15) is 0 Å². The topological polar surface area (TPSA) is 37.8 Å². The molecule has 0 aliphatic heterocycles. The third kappa shape index (κ3) is 2.68. The van der Waals surface area contributed by atoms with Crippen LogP contribution in [-0.4, -0.2) is 10.2 Å². The Balaban J connectivity index is 2.24. The summed E-state index contributed by atoms with van der Waals surface area (Å²) in [5, 5.41) is 12.3. The number of benzene rings is 1. The van der Waals surface area contributed by atoms with Crippen molar-refractivity contribution in [2.75, 3.05) is 5.32 Å². The number of aryl methyl sites for hydroxylation is 1. The summed E-state index contributed by atoms with van der Waals surface area (Å²) in [7, 11) is 0. The molecule has 1 N–H and O–H groups in total. The molecule has 0 saturated heterocycles. The van der Waals surface area contributed by atoms with Crippen LogP contribution in [-0.2, 0) is 0 Å². The number of nitrogens with one attached hydrogen (secondary N) is 1. The van der Waals surface area contributed by atoms with E-state index in [1.165, 1.54) is 11.3 Å². The fourth-order valence-electron chi connectivity index (χ4n) is 1.09. The van der Waals surface area contributed by atoms with E-state index in [0.717, 1.165) is 15.2 Å². The average Bonchev–Trinajstić information content (AvgIpc) is 2.56. The van der Waals surface area contributed by atoms with Gasteiger partial charge >= 0.3 is 0 Å². The first kappa shape index (κ1) is 10.9. The van der Waals surface area contributed by atoms with E-state index < -0.39 is 0 Å². The Morgan fingerprint density at radius 3 is 2.80 bits per heavy atom. The van der Waals surface area contributed by atoms with Crippen molar-refractivity contribution >= 4 is 49.7 Å². The summed E-state index contributed by atoms with van der Waals surface area (Å²) in [5.74, 6) is 0. The van der Waals surface area contributed by atoms with Crippen molar-refractivity contribution < 1.29 is 0 Å². The molecule has 0 atom stereocenters. The molecule has 1 aromatic carbocycles. The minimum Gasteiger partial charge on any atom is -0.329 e. The minimum atomic E-state index is 0.682. The molecule has 2 aromatic rings. The fraction of sp³-hybridized carbons (Fsp3) is 0.111. The van der Waals surface area contributed by atoms with Crippen LogP contribution in [0.15, 0.2) is 22.1 Å². The molecule has 0 saturated carbocycles. The molecule has 0 amide bonds. The average molecular weight is 305 g/mol. The molecule has 3 nitrogen and oxygen atoms in total. The summed E-state index contributed by atoms with van der Waals surface area (Å²) >= 11 is 10.7. The van der Waals surface area contributed by atoms with Gasteiger partial charge in [-0.05, 0) is 40.5 Å². The van der Waals surface area contributed by atoms with Crippen LogP contribution in [0.25, 0.3) is 0 Å². The molecule has 1 aromatic heterocycles. The van der Waals surface area contributed by atoms with Gasteiger partial charge in [-0.3, -0.25) is 0 Å². The number of halogens is 2. The lowest BCUT2D eigenvalue weighted by Crippen LogP contribution is -1.90. The zero-order valence-electron chi connectivity index (χ0n) is 7.79. The lowest BCUT2D eigenvalue weighted by molar-refractivity contribution is 1.07. The molecular weight excluding hydrogens is 298 g/mol. The first-order chi connectivity index (χ1) is 7.15. The maximum atomic E-state index is 6.07. The van der Waals surface area contributed by atoms with Gasteiger partial charge in [0.05, 0.1) is 10.7 Å². The third-order valence-electron chi connectivity index (χ3n) is 1.77. The van der Waals surface area contributed by atoms with Crippen LogP contribution < -0.4 is 5.32 Å². The van der Waals surface area contributed by atoms with Crippen molar-refractivity contribution in [3.63, 3.8) is 0 Å².